The highest BCUT2D eigenvalue weighted by Gasteiger charge is 2.36. The fourth-order valence-corrected chi connectivity index (χ4v) is 3.22. The summed E-state index contributed by atoms with van der Waals surface area (Å²) in [5, 5.41) is 6.25. The van der Waals surface area contributed by atoms with E-state index in [1.807, 2.05) is 24.3 Å². The summed E-state index contributed by atoms with van der Waals surface area (Å²) in [5.74, 6) is -0.328. The molecule has 0 spiro atoms. The van der Waals surface area contributed by atoms with E-state index in [-0.39, 0.29) is 30.7 Å². The van der Waals surface area contributed by atoms with Crippen LogP contribution in [-0.2, 0) is 14.4 Å². The number of halogens is 1. The SMILES string of the molecule is Cc1cc(NC(=O)CN(C)C(=O)C2CC(=O)N(c3ccc(Br)cc3)C2)no1. The summed E-state index contributed by atoms with van der Waals surface area (Å²) in [6.45, 7) is 1.88. The molecule has 3 amide bonds. The molecule has 27 heavy (non-hydrogen) atoms. The number of aromatic nitrogens is 1. The lowest BCUT2D eigenvalue weighted by Crippen LogP contribution is -2.39. The summed E-state index contributed by atoms with van der Waals surface area (Å²) in [4.78, 5) is 39.9. The molecule has 0 radical (unpaired) electrons. The highest BCUT2D eigenvalue weighted by molar-refractivity contribution is 9.10. The summed E-state index contributed by atoms with van der Waals surface area (Å²) in [7, 11) is 1.54. The van der Waals surface area contributed by atoms with E-state index in [0.717, 1.165) is 10.2 Å². The molecule has 1 fully saturated rings. The van der Waals surface area contributed by atoms with E-state index < -0.39 is 5.92 Å². The molecule has 1 N–H and O–H groups in total. The molecule has 0 bridgehead atoms. The summed E-state index contributed by atoms with van der Waals surface area (Å²) < 4.78 is 5.80. The topological polar surface area (TPSA) is 95.8 Å². The van der Waals surface area contributed by atoms with Gasteiger partial charge in [0.25, 0.3) is 0 Å². The van der Waals surface area contributed by atoms with E-state index in [9.17, 15) is 14.4 Å². The first-order chi connectivity index (χ1) is 12.8. The van der Waals surface area contributed by atoms with Crippen molar-refractivity contribution in [3.05, 3.63) is 40.6 Å². The lowest BCUT2D eigenvalue weighted by Gasteiger charge is -2.21. The van der Waals surface area contributed by atoms with Crippen molar-refractivity contribution in [2.45, 2.75) is 13.3 Å². The first kappa shape index (κ1) is 19.1. The van der Waals surface area contributed by atoms with Crippen molar-refractivity contribution >= 4 is 45.2 Å². The van der Waals surface area contributed by atoms with Gasteiger partial charge in [-0.15, -0.1) is 0 Å². The molecule has 8 nitrogen and oxygen atoms in total. The zero-order valence-electron chi connectivity index (χ0n) is 14.9. The molecule has 1 aliphatic heterocycles. The van der Waals surface area contributed by atoms with E-state index in [2.05, 4.69) is 26.4 Å². The van der Waals surface area contributed by atoms with Crippen LogP contribution < -0.4 is 10.2 Å². The van der Waals surface area contributed by atoms with E-state index >= 15 is 0 Å². The maximum absolute atomic E-state index is 12.6. The Morgan fingerprint density at radius 2 is 2.07 bits per heavy atom. The third-order valence-corrected chi connectivity index (χ3v) is 4.79. The second kappa shape index (κ2) is 7.91. The zero-order chi connectivity index (χ0) is 19.6. The van der Waals surface area contributed by atoms with Crippen LogP contribution in [0.25, 0.3) is 0 Å². The van der Waals surface area contributed by atoms with E-state index in [0.29, 0.717) is 18.1 Å². The first-order valence-electron chi connectivity index (χ1n) is 8.37. The minimum atomic E-state index is -0.478. The van der Waals surface area contributed by atoms with Crippen LogP contribution in [-0.4, -0.2) is 47.9 Å². The summed E-state index contributed by atoms with van der Waals surface area (Å²) in [6.07, 6.45) is 0.128. The Hall–Kier alpha value is -2.68. The van der Waals surface area contributed by atoms with Crippen LogP contribution in [0.15, 0.2) is 39.3 Å². The number of hydrogen-bond acceptors (Lipinski definition) is 5. The van der Waals surface area contributed by atoms with Crippen LogP contribution in [0.3, 0.4) is 0 Å². The molecule has 2 aromatic rings. The van der Waals surface area contributed by atoms with Gasteiger partial charge in [-0.05, 0) is 31.2 Å². The second-order valence-corrected chi connectivity index (χ2v) is 7.36. The predicted molar refractivity (Wildman–Crippen MR) is 102 cm³/mol. The van der Waals surface area contributed by atoms with Crippen molar-refractivity contribution < 1.29 is 18.9 Å². The number of carbonyl (C=O) groups is 3. The lowest BCUT2D eigenvalue weighted by atomic mass is 10.1. The summed E-state index contributed by atoms with van der Waals surface area (Å²) in [5.41, 5.74) is 0.750. The molecule has 1 aliphatic rings. The van der Waals surface area contributed by atoms with E-state index in [4.69, 9.17) is 4.52 Å². The molecular weight excluding hydrogens is 416 g/mol. The minimum absolute atomic E-state index is 0.105. The predicted octanol–water partition coefficient (Wildman–Crippen LogP) is 2.20. The van der Waals surface area contributed by atoms with Crippen LogP contribution >= 0.6 is 15.9 Å². The molecule has 1 aromatic heterocycles. The largest absolute Gasteiger partial charge is 0.360 e. The number of hydrogen-bond donors (Lipinski definition) is 1. The van der Waals surface area contributed by atoms with Gasteiger partial charge in [0.2, 0.25) is 17.7 Å². The van der Waals surface area contributed by atoms with Crippen molar-refractivity contribution in [1.29, 1.82) is 0 Å². The monoisotopic (exact) mass is 434 g/mol. The molecule has 1 unspecified atom stereocenters. The van der Waals surface area contributed by atoms with Gasteiger partial charge in [-0.3, -0.25) is 14.4 Å². The number of rotatable bonds is 5. The number of amides is 3. The number of likely N-dealkylation sites (N-methyl/N-ethyl adjacent to an activating group) is 1. The van der Waals surface area contributed by atoms with Gasteiger partial charge in [0.1, 0.15) is 5.76 Å². The van der Waals surface area contributed by atoms with Gasteiger partial charge in [0.15, 0.2) is 5.82 Å². The van der Waals surface area contributed by atoms with Gasteiger partial charge in [-0.25, -0.2) is 0 Å². The van der Waals surface area contributed by atoms with E-state index in [1.165, 1.54) is 4.90 Å². The molecular formula is C18H19BrN4O4. The third-order valence-electron chi connectivity index (χ3n) is 4.27. The summed E-state index contributed by atoms with van der Waals surface area (Å²) >= 11 is 3.36. The van der Waals surface area contributed by atoms with Crippen LogP contribution in [0, 0.1) is 12.8 Å². The number of benzene rings is 1. The maximum atomic E-state index is 12.6. The Morgan fingerprint density at radius 1 is 1.37 bits per heavy atom. The molecule has 2 heterocycles. The van der Waals surface area contributed by atoms with Crippen molar-refractivity contribution in [3.8, 4) is 0 Å². The van der Waals surface area contributed by atoms with Gasteiger partial charge in [0.05, 0.1) is 12.5 Å². The standard InChI is InChI=1S/C18H19BrN4O4/c1-11-7-15(21-27-11)20-16(24)10-22(2)18(26)12-8-17(25)23(9-12)14-5-3-13(19)4-6-14/h3-7,12H,8-10H2,1-2H3,(H,20,21,24). The smallest absolute Gasteiger partial charge is 0.245 e. The van der Waals surface area contributed by atoms with Crippen LogP contribution in [0.5, 0.6) is 0 Å². The molecule has 1 aromatic carbocycles. The van der Waals surface area contributed by atoms with Crippen LogP contribution in [0.2, 0.25) is 0 Å². The Bertz CT molecular complexity index is 865. The average molecular weight is 435 g/mol. The molecule has 0 aliphatic carbocycles. The number of nitrogens with one attached hydrogen (secondary N) is 1. The number of nitrogens with zero attached hydrogens (tertiary/aromatic N) is 3. The first-order valence-corrected chi connectivity index (χ1v) is 9.17. The molecule has 9 heteroatoms. The van der Waals surface area contributed by atoms with Gasteiger partial charge in [-0.1, -0.05) is 21.1 Å². The second-order valence-electron chi connectivity index (χ2n) is 6.45. The highest BCUT2D eigenvalue weighted by Crippen LogP contribution is 2.27. The normalized spacial score (nSPS) is 16.5. The maximum Gasteiger partial charge on any atom is 0.245 e. The third kappa shape index (κ3) is 4.54. The number of carbonyl (C=O) groups excluding carboxylic acids is 3. The number of anilines is 2. The molecule has 1 saturated heterocycles. The minimum Gasteiger partial charge on any atom is -0.360 e. The molecule has 0 saturated carbocycles. The van der Waals surface area contributed by atoms with Crippen molar-refractivity contribution in [1.82, 2.24) is 10.1 Å². The Labute approximate surface area is 164 Å². The van der Waals surface area contributed by atoms with Crippen molar-refractivity contribution in [2.24, 2.45) is 5.92 Å². The van der Waals surface area contributed by atoms with Gasteiger partial charge in [0, 0.05) is 36.2 Å². The fraction of sp³-hybridized carbons (Fsp3) is 0.333. The quantitative estimate of drug-likeness (QED) is 0.777. The van der Waals surface area contributed by atoms with E-state index in [1.54, 1.807) is 24.9 Å². The zero-order valence-corrected chi connectivity index (χ0v) is 16.5. The Kier molecular flexibility index (Phi) is 5.59. The highest BCUT2D eigenvalue weighted by atomic mass is 79.9. The van der Waals surface area contributed by atoms with Crippen LogP contribution in [0.4, 0.5) is 11.5 Å². The Balaban J connectivity index is 1.57. The van der Waals surface area contributed by atoms with Gasteiger partial charge < -0.3 is 19.6 Å². The van der Waals surface area contributed by atoms with Gasteiger partial charge >= 0.3 is 0 Å². The fourth-order valence-electron chi connectivity index (χ4n) is 2.96. The molecule has 1 atom stereocenters. The van der Waals surface area contributed by atoms with Crippen molar-refractivity contribution in [2.75, 3.05) is 30.4 Å². The summed E-state index contributed by atoms with van der Waals surface area (Å²) in [6, 6.07) is 8.93. The van der Waals surface area contributed by atoms with Gasteiger partial charge in [-0.2, -0.15) is 0 Å². The average Bonchev–Trinajstić information content (AvgIpc) is 3.20. The lowest BCUT2D eigenvalue weighted by molar-refractivity contribution is -0.137. The van der Waals surface area contributed by atoms with Crippen molar-refractivity contribution in [3.63, 3.8) is 0 Å². The molecule has 3 rings (SSSR count). The number of aryl methyl sites for hydroxylation is 1. The van der Waals surface area contributed by atoms with Crippen LogP contribution in [0.1, 0.15) is 12.2 Å². The Morgan fingerprint density at radius 3 is 2.70 bits per heavy atom. The molecule has 142 valence electrons.